The number of hydrogen-bond acceptors (Lipinski definition) is 21. The van der Waals surface area contributed by atoms with Crippen LogP contribution in [0.1, 0.15) is 19.3 Å². The molecule has 0 aliphatic carbocycles. The molecule has 0 unspecified atom stereocenters. The molecule has 3 fully saturated rings. The molecule has 0 amide bonds. The molecule has 3 aliphatic rings. The fourth-order valence-corrected chi connectivity index (χ4v) is 10.9. The number of para-hydroxylation sites is 2. The van der Waals surface area contributed by atoms with Gasteiger partial charge in [0, 0.05) is 100 Å². The van der Waals surface area contributed by atoms with Gasteiger partial charge in [-0.3, -0.25) is 24.1 Å². The normalized spacial score (nSPS) is 14.8. The predicted octanol–water partition coefficient (Wildman–Crippen LogP) is 7.75. The minimum atomic E-state index is -3.72. The second kappa shape index (κ2) is 35.3. The number of morpholine rings is 3. The maximum absolute atomic E-state index is 12.7. The zero-order valence-electron chi connectivity index (χ0n) is 46.7. The van der Waals surface area contributed by atoms with Gasteiger partial charge in [-0.25, -0.2) is 41.8 Å². The van der Waals surface area contributed by atoms with Crippen molar-refractivity contribution < 1.29 is 31.0 Å². The highest BCUT2D eigenvalue weighted by molar-refractivity contribution is 7.93. The minimum absolute atomic E-state index is 0.147. The highest BCUT2D eigenvalue weighted by atomic mass is 35.5. The smallest absolute Gasteiger partial charge is 0.261 e. The maximum Gasteiger partial charge on any atom is 0.261 e. The van der Waals surface area contributed by atoms with Gasteiger partial charge < -0.3 is 41.2 Å². The van der Waals surface area contributed by atoms with Gasteiger partial charge >= 0.3 is 0 Å². The Labute approximate surface area is 502 Å². The van der Waals surface area contributed by atoms with E-state index in [1.54, 1.807) is 104 Å². The predicted molar refractivity (Wildman–Crippen MR) is 332 cm³/mol. The molecule has 23 nitrogen and oxygen atoms in total. The molecule has 10 rings (SSSR count). The Morgan fingerprint density at radius 3 is 1.25 bits per heavy atom. The van der Waals surface area contributed by atoms with Gasteiger partial charge in [0.1, 0.15) is 17.5 Å². The number of halogens is 2. The molecular weight excluding hydrogens is 1160 g/mol. The highest BCUT2D eigenvalue weighted by Crippen LogP contribution is 2.22. The summed E-state index contributed by atoms with van der Waals surface area (Å²) < 4.78 is 70.5. The van der Waals surface area contributed by atoms with Gasteiger partial charge in [-0.05, 0) is 141 Å². The summed E-state index contributed by atoms with van der Waals surface area (Å²) in [6.07, 6.45) is 8.14. The number of nitrogens with zero attached hydrogens (tertiary/aromatic N) is 9. The van der Waals surface area contributed by atoms with Crippen LogP contribution in [0.25, 0.3) is 0 Å². The summed E-state index contributed by atoms with van der Waals surface area (Å²) in [4.78, 5) is 32.1. The average molecular weight is 1230 g/mol. The molecule has 0 atom stereocenters. The van der Waals surface area contributed by atoms with Crippen molar-refractivity contribution in [3.8, 4) is 0 Å². The second-order valence-corrected chi connectivity index (χ2v) is 23.1. The number of hydrogen-bond donors (Lipinski definition) is 7. The van der Waals surface area contributed by atoms with Crippen LogP contribution in [-0.4, -0.2) is 180 Å². The number of anilines is 8. The van der Waals surface area contributed by atoms with Gasteiger partial charge in [0.15, 0.2) is 0 Å². The Hall–Kier alpha value is -7.04. The number of sulfonamides is 2. The van der Waals surface area contributed by atoms with E-state index >= 15 is 0 Å². The molecule has 6 heterocycles. The third kappa shape index (κ3) is 24.3. The molecule has 0 bridgehead atoms. The van der Waals surface area contributed by atoms with Gasteiger partial charge in [-0.1, -0.05) is 48.5 Å². The van der Waals surface area contributed by atoms with Crippen molar-refractivity contribution in [3.63, 3.8) is 0 Å². The van der Waals surface area contributed by atoms with Crippen LogP contribution in [0, 0.1) is 0 Å². The third-order valence-electron chi connectivity index (χ3n) is 12.7. The molecular formula is C57H74Cl2N16O7S2. The molecule has 3 aromatic heterocycles. The first kappa shape index (κ1) is 64.5. The van der Waals surface area contributed by atoms with Crippen molar-refractivity contribution in [2.75, 3.05) is 155 Å². The molecule has 3 aliphatic heterocycles. The zero-order chi connectivity index (χ0) is 59.1. The molecule has 84 heavy (non-hydrogen) atoms. The molecule has 0 saturated carbocycles. The lowest BCUT2D eigenvalue weighted by atomic mass is 10.3. The van der Waals surface area contributed by atoms with Crippen LogP contribution in [-0.2, 0) is 34.3 Å². The van der Waals surface area contributed by atoms with Gasteiger partial charge in [0.25, 0.3) is 20.0 Å². The Balaban J connectivity index is 0.000000170. The Morgan fingerprint density at radius 2 is 0.833 bits per heavy atom. The van der Waals surface area contributed by atoms with Crippen LogP contribution in [0.4, 0.5) is 46.2 Å². The lowest BCUT2D eigenvalue weighted by Gasteiger charge is -2.26. The molecule has 0 spiro atoms. The van der Waals surface area contributed by atoms with E-state index in [1.807, 2.05) is 30.3 Å². The largest absolute Gasteiger partial charge is 0.399 e. The molecule has 3 saturated heterocycles. The average Bonchev–Trinajstić information content (AvgIpc) is 3.70. The monoisotopic (exact) mass is 1230 g/mol. The lowest BCUT2D eigenvalue weighted by molar-refractivity contribution is 0.0378. The van der Waals surface area contributed by atoms with Crippen molar-refractivity contribution in [1.29, 1.82) is 0 Å². The summed E-state index contributed by atoms with van der Waals surface area (Å²) in [6.45, 7) is 17.0. The first-order valence-electron chi connectivity index (χ1n) is 27.7. The van der Waals surface area contributed by atoms with Crippen LogP contribution in [0.5, 0.6) is 0 Å². The van der Waals surface area contributed by atoms with Crippen LogP contribution in [0.15, 0.2) is 156 Å². The number of benzene rings is 4. The first-order valence-corrected chi connectivity index (χ1v) is 31.4. The summed E-state index contributed by atoms with van der Waals surface area (Å²) in [5, 5.41) is 13.4. The van der Waals surface area contributed by atoms with E-state index in [9.17, 15) is 16.8 Å². The van der Waals surface area contributed by atoms with E-state index in [1.165, 1.54) is 12.1 Å². The van der Waals surface area contributed by atoms with Gasteiger partial charge in [-0.15, -0.1) is 0 Å². The van der Waals surface area contributed by atoms with Gasteiger partial charge in [0.05, 0.1) is 49.4 Å². The van der Waals surface area contributed by atoms with Gasteiger partial charge in [-0.2, -0.15) is 4.98 Å². The molecule has 4 aromatic carbocycles. The topological polar surface area (TPSA) is 281 Å². The summed E-state index contributed by atoms with van der Waals surface area (Å²) in [7, 11) is -7.28. The molecule has 27 heteroatoms. The van der Waals surface area contributed by atoms with Crippen molar-refractivity contribution in [2.24, 2.45) is 0 Å². The quantitative estimate of drug-likeness (QED) is 0.0183. The number of rotatable bonds is 23. The Bertz CT molecular complexity index is 3180. The van der Waals surface area contributed by atoms with Crippen LogP contribution in [0.2, 0.25) is 10.6 Å². The second-order valence-electron chi connectivity index (χ2n) is 19.1. The fraction of sp³-hybridized carbons (Fsp3) is 0.368. The molecule has 8 N–H and O–H groups in total. The highest BCUT2D eigenvalue weighted by Gasteiger charge is 2.17. The number of ether oxygens (including phenoxy) is 3. The van der Waals surface area contributed by atoms with Crippen molar-refractivity contribution in [2.45, 2.75) is 29.1 Å². The summed E-state index contributed by atoms with van der Waals surface area (Å²) in [5.74, 6) is 2.67. The number of aromatic nitrogens is 6. The van der Waals surface area contributed by atoms with Crippen molar-refractivity contribution >= 4 is 89.4 Å². The molecule has 0 radical (unpaired) electrons. The van der Waals surface area contributed by atoms with Gasteiger partial charge in [0.2, 0.25) is 16.5 Å². The minimum Gasteiger partial charge on any atom is -0.399 e. The molecule has 7 aromatic rings. The summed E-state index contributed by atoms with van der Waals surface area (Å²) in [6, 6.07) is 35.7. The van der Waals surface area contributed by atoms with E-state index in [2.05, 4.69) is 75.3 Å². The van der Waals surface area contributed by atoms with Crippen LogP contribution in [0.3, 0.4) is 0 Å². The Kier molecular flexibility index (Phi) is 27.1. The van der Waals surface area contributed by atoms with E-state index < -0.39 is 20.0 Å². The van der Waals surface area contributed by atoms with E-state index in [4.69, 9.17) is 43.1 Å². The van der Waals surface area contributed by atoms with E-state index in [-0.39, 0.29) is 20.4 Å². The maximum atomic E-state index is 12.7. The van der Waals surface area contributed by atoms with Crippen LogP contribution >= 0.6 is 23.2 Å². The first-order chi connectivity index (χ1) is 40.8. The lowest BCUT2D eigenvalue weighted by Crippen LogP contribution is -2.37. The SMILES string of the molecule is Clc1nccc(NCCCN2CCOCC2)n1.Clc1nccc(NCCCN2CCOCC2)n1.Nc1cccc(S(=O)(=O)Nc2ccccc2)c1.O=S(=O)(Nc1ccccc1)c1cccc(Nc2nccc(NCCCN3CCOCC3)n2)c1. The Morgan fingerprint density at radius 1 is 0.452 bits per heavy atom. The standard InChI is InChI=1S/C23H28N6O3S.C12H12N2O2S.2C11H17ClN4O/c30-33(31,28-19-6-2-1-3-7-19)21-9-4-8-20(18-21)26-23-25-12-10-22(27-23)24-11-5-13-29-14-16-32-17-15-29;13-10-5-4-8-12(9-10)17(15,16)14-11-6-2-1-3-7-11;2*12-11-14-4-2-10(15-11)13-3-1-5-16-6-8-17-9-7-16/h1-4,6-10,12,18,28H,5,11,13-17H2,(H2,24,25,26,27);1-9,14H,13H2;2*2,4H,1,3,5-9H2,(H,13,14,15). The molecule has 450 valence electrons. The summed E-state index contributed by atoms with van der Waals surface area (Å²) in [5.41, 5.74) is 7.58. The third-order valence-corrected chi connectivity index (χ3v) is 15.8. The zero-order valence-corrected chi connectivity index (χ0v) is 49.9. The van der Waals surface area contributed by atoms with Crippen molar-refractivity contribution in [1.82, 2.24) is 44.6 Å². The number of nitrogens with two attached hydrogens (primary N) is 1. The summed E-state index contributed by atoms with van der Waals surface area (Å²) >= 11 is 11.4. The van der Waals surface area contributed by atoms with E-state index in [0.29, 0.717) is 34.5 Å². The van der Waals surface area contributed by atoms with Crippen LogP contribution < -0.4 is 36.4 Å². The number of nitrogen functional groups attached to an aromatic ring is 1. The van der Waals surface area contributed by atoms with E-state index in [0.717, 1.165) is 149 Å². The van der Waals surface area contributed by atoms with Crippen molar-refractivity contribution in [3.05, 3.63) is 157 Å². The fourth-order valence-electron chi connectivity index (χ4n) is 8.41. The number of nitrogens with one attached hydrogen (secondary N) is 6.